The van der Waals surface area contributed by atoms with Crippen LogP contribution >= 0.6 is 0 Å². The summed E-state index contributed by atoms with van der Waals surface area (Å²) in [6.07, 6.45) is 7.22. The van der Waals surface area contributed by atoms with Crippen molar-refractivity contribution in [2.45, 2.75) is 33.2 Å². The van der Waals surface area contributed by atoms with Crippen molar-refractivity contribution in [2.24, 2.45) is 5.92 Å². The molecule has 0 spiro atoms. The SMILES string of the molecule is Cc1c(Cc2ccccc2F)c(=O)n(CC2=CCC(C)C=C2)c2cc(O)cc(O)c12. The zero-order valence-electron chi connectivity index (χ0n) is 17.0. The fourth-order valence-corrected chi connectivity index (χ4v) is 4.05. The molecule has 5 heteroatoms. The van der Waals surface area contributed by atoms with Crippen molar-refractivity contribution in [3.63, 3.8) is 0 Å². The molecule has 1 aliphatic carbocycles. The smallest absolute Gasteiger partial charge is 0.255 e. The quantitative estimate of drug-likeness (QED) is 0.644. The molecule has 0 saturated heterocycles. The molecule has 154 valence electrons. The molecule has 4 nitrogen and oxygen atoms in total. The van der Waals surface area contributed by atoms with Crippen LogP contribution in [0.4, 0.5) is 4.39 Å². The van der Waals surface area contributed by atoms with E-state index in [4.69, 9.17) is 0 Å². The van der Waals surface area contributed by atoms with Crippen LogP contribution < -0.4 is 5.56 Å². The van der Waals surface area contributed by atoms with Gasteiger partial charge in [-0.3, -0.25) is 4.79 Å². The van der Waals surface area contributed by atoms with Gasteiger partial charge in [0.15, 0.2) is 0 Å². The van der Waals surface area contributed by atoms with Crippen LogP contribution in [0.3, 0.4) is 0 Å². The Morgan fingerprint density at radius 1 is 1.20 bits per heavy atom. The van der Waals surface area contributed by atoms with Gasteiger partial charge in [-0.25, -0.2) is 4.39 Å². The molecule has 4 rings (SSSR count). The Balaban J connectivity index is 1.93. The van der Waals surface area contributed by atoms with Crippen LogP contribution in [0.5, 0.6) is 11.5 Å². The molecule has 0 saturated carbocycles. The van der Waals surface area contributed by atoms with Crippen LogP contribution in [-0.2, 0) is 13.0 Å². The second kappa shape index (κ2) is 7.82. The molecule has 2 aromatic carbocycles. The number of rotatable bonds is 4. The van der Waals surface area contributed by atoms with Crippen molar-refractivity contribution in [3.05, 3.63) is 93.1 Å². The van der Waals surface area contributed by atoms with Crippen LogP contribution in [0.25, 0.3) is 10.9 Å². The van der Waals surface area contributed by atoms with E-state index in [1.165, 1.54) is 18.2 Å². The Bertz CT molecular complexity index is 1250. The van der Waals surface area contributed by atoms with E-state index in [2.05, 4.69) is 19.1 Å². The van der Waals surface area contributed by atoms with E-state index in [-0.39, 0.29) is 29.3 Å². The van der Waals surface area contributed by atoms with E-state index in [1.807, 2.05) is 6.08 Å². The van der Waals surface area contributed by atoms with Crippen molar-refractivity contribution >= 4 is 10.9 Å². The minimum absolute atomic E-state index is 0.104. The molecule has 1 atom stereocenters. The molecule has 0 aliphatic heterocycles. The fourth-order valence-electron chi connectivity index (χ4n) is 4.05. The third-order valence-electron chi connectivity index (χ3n) is 5.76. The second-order valence-corrected chi connectivity index (χ2v) is 7.97. The van der Waals surface area contributed by atoms with Crippen molar-refractivity contribution in [2.75, 3.05) is 0 Å². The first kappa shape index (κ1) is 20.0. The van der Waals surface area contributed by atoms with Gasteiger partial charge in [-0.05, 0) is 42.0 Å². The minimum Gasteiger partial charge on any atom is -0.508 e. The molecule has 0 radical (unpaired) electrons. The fraction of sp³-hybridized carbons (Fsp3) is 0.240. The lowest BCUT2D eigenvalue weighted by Gasteiger charge is -2.19. The van der Waals surface area contributed by atoms with Gasteiger partial charge in [0.2, 0.25) is 0 Å². The summed E-state index contributed by atoms with van der Waals surface area (Å²) in [5.74, 6) is -0.140. The molecule has 0 fully saturated rings. The van der Waals surface area contributed by atoms with Gasteiger partial charge < -0.3 is 14.8 Å². The molecule has 2 N–H and O–H groups in total. The molecule has 1 aromatic heterocycles. The molecule has 1 aliphatic rings. The number of allylic oxidation sites excluding steroid dienone is 4. The summed E-state index contributed by atoms with van der Waals surface area (Å²) in [5, 5.41) is 21.1. The summed E-state index contributed by atoms with van der Waals surface area (Å²) in [6, 6.07) is 9.14. The number of hydrogen-bond donors (Lipinski definition) is 2. The van der Waals surface area contributed by atoms with E-state index in [0.29, 0.717) is 40.1 Å². The Morgan fingerprint density at radius 3 is 2.67 bits per heavy atom. The molecule has 0 amide bonds. The minimum atomic E-state index is -0.371. The summed E-state index contributed by atoms with van der Waals surface area (Å²) in [5.41, 5.74) is 2.64. The molecular formula is C25H24FNO3. The molecule has 1 heterocycles. The summed E-state index contributed by atoms with van der Waals surface area (Å²) in [6.45, 7) is 4.19. The molecule has 0 bridgehead atoms. The molecular weight excluding hydrogens is 381 g/mol. The maximum Gasteiger partial charge on any atom is 0.255 e. The highest BCUT2D eigenvalue weighted by Crippen LogP contribution is 2.33. The van der Waals surface area contributed by atoms with E-state index in [1.54, 1.807) is 29.7 Å². The van der Waals surface area contributed by atoms with Gasteiger partial charge in [0.25, 0.3) is 5.56 Å². The summed E-state index contributed by atoms with van der Waals surface area (Å²) in [7, 11) is 0. The maximum absolute atomic E-state index is 14.3. The molecule has 30 heavy (non-hydrogen) atoms. The van der Waals surface area contributed by atoms with Gasteiger partial charge >= 0.3 is 0 Å². The Kier molecular flexibility index (Phi) is 5.20. The van der Waals surface area contributed by atoms with Gasteiger partial charge in [0.05, 0.1) is 12.1 Å². The number of phenols is 2. The summed E-state index contributed by atoms with van der Waals surface area (Å²) < 4.78 is 15.8. The number of benzene rings is 2. The number of aromatic hydroxyl groups is 2. The predicted molar refractivity (Wildman–Crippen MR) is 116 cm³/mol. The Morgan fingerprint density at radius 2 is 1.97 bits per heavy atom. The topological polar surface area (TPSA) is 62.5 Å². The van der Waals surface area contributed by atoms with E-state index >= 15 is 0 Å². The van der Waals surface area contributed by atoms with Crippen molar-refractivity contribution in [3.8, 4) is 11.5 Å². The third kappa shape index (κ3) is 3.63. The highest BCUT2D eigenvalue weighted by Gasteiger charge is 2.19. The lowest BCUT2D eigenvalue weighted by atomic mass is 9.96. The van der Waals surface area contributed by atoms with Crippen LogP contribution in [0.15, 0.2) is 65.0 Å². The third-order valence-corrected chi connectivity index (χ3v) is 5.76. The van der Waals surface area contributed by atoms with Gasteiger partial charge in [-0.15, -0.1) is 0 Å². The van der Waals surface area contributed by atoms with E-state index in [9.17, 15) is 19.4 Å². The number of aryl methyl sites for hydroxylation is 1. The number of phenolic OH excluding ortho intramolecular Hbond substituents is 2. The number of halogens is 1. The van der Waals surface area contributed by atoms with Crippen LogP contribution in [0.1, 0.15) is 30.0 Å². The van der Waals surface area contributed by atoms with Crippen LogP contribution in [0, 0.1) is 18.7 Å². The average molecular weight is 405 g/mol. The van der Waals surface area contributed by atoms with Gasteiger partial charge in [-0.2, -0.15) is 0 Å². The summed E-state index contributed by atoms with van der Waals surface area (Å²) in [4.78, 5) is 13.5. The lowest BCUT2D eigenvalue weighted by molar-refractivity contribution is 0.454. The standard InChI is InChI=1S/C25H24FNO3/c1-15-7-9-17(10-8-15)14-27-22-12-19(28)13-23(29)24(22)16(2)20(25(27)30)11-18-5-3-4-6-21(18)26/h3-7,9-10,12-13,15,28-29H,8,11,14H2,1-2H3. The highest BCUT2D eigenvalue weighted by molar-refractivity contribution is 5.90. The first-order chi connectivity index (χ1) is 14.3. The van der Waals surface area contributed by atoms with Crippen molar-refractivity contribution in [1.29, 1.82) is 0 Å². The number of fused-ring (bicyclic) bond motifs is 1. The first-order valence-electron chi connectivity index (χ1n) is 10.0. The molecule has 1 unspecified atom stereocenters. The second-order valence-electron chi connectivity index (χ2n) is 7.97. The van der Waals surface area contributed by atoms with Crippen LogP contribution in [0.2, 0.25) is 0 Å². The van der Waals surface area contributed by atoms with Gasteiger partial charge in [0.1, 0.15) is 17.3 Å². The molecule has 3 aromatic rings. The Labute approximate surface area is 174 Å². The number of pyridine rings is 1. The summed E-state index contributed by atoms with van der Waals surface area (Å²) >= 11 is 0. The van der Waals surface area contributed by atoms with Gasteiger partial charge in [-0.1, -0.05) is 43.4 Å². The van der Waals surface area contributed by atoms with Crippen LogP contribution in [-0.4, -0.2) is 14.8 Å². The largest absolute Gasteiger partial charge is 0.508 e. The van der Waals surface area contributed by atoms with E-state index in [0.717, 1.165) is 12.0 Å². The van der Waals surface area contributed by atoms with Crippen molar-refractivity contribution in [1.82, 2.24) is 4.57 Å². The zero-order valence-corrected chi connectivity index (χ0v) is 17.0. The first-order valence-corrected chi connectivity index (χ1v) is 10.0. The van der Waals surface area contributed by atoms with Gasteiger partial charge in [0, 0.05) is 29.5 Å². The monoisotopic (exact) mass is 405 g/mol. The van der Waals surface area contributed by atoms with E-state index < -0.39 is 0 Å². The lowest BCUT2D eigenvalue weighted by Crippen LogP contribution is -2.27. The average Bonchev–Trinajstić information content (AvgIpc) is 2.70. The number of aromatic nitrogens is 1. The number of nitrogens with zero attached hydrogens (tertiary/aromatic N) is 1. The Hall–Kier alpha value is -3.34. The predicted octanol–water partition coefficient (Wildman–Crippen LogP) is 4.97. The van der Waals surface area contributed by atoms with Crippen molar-refractivity contribution < 1.29 is 14.6 Å². The zero-order chi connectivity index (χ0) is 21.4. The normalized spacial score (nSPS) is 16.1. The maximum atomic E-state index is 14.3. The number of hydrogen-bond acceptors (Lipinski definition) is 3. The highest BCUT2D eigenvalue weighted by atomic mass is 19.1.